The average Bonchev–Trinajstić information content (AvgIpc) is 2.43. The number of nitrogens with zero attached hydrogens (tertiary/aromatic N) is 2. The van der Waals surface area contributed by atoms with Crippen molar-refractivity contribution >= 4 is 11.7 Å². The number of nitro groups is 1. The molecule has 7 heteroatoms. The Morgan fingerprint density at radius 2 is 2.15 bits per heavy atom. The van der Waals surface area contributed by atoms with E-state index in [0.717, 1.165) is 6.07 Å². The van der Waals surface area contributed by atoms with Crippen LogP contribution in [0.3, 0.4) is 0 Å². The van der Waals surface area contributed by atoms with E-state index >= 15 is 0 Å². The zero-order valence-corrected chi connectivity index (χ0v) is 11.4. The molecule has 0 saturated carbocycles. The van der Waals surface area contributed by atoms with Crippen LogP contribution in [-0.2, 0) is 9.53 Å². The van der Waals surface area contributed by atoms with Gasteiger partial charge in [-0.05, 0) is 26.0 Å². The molecule has 0 aliphatic heterocycles. The number of benzene rings is 1. The number of hydrogen-bond donors (Lipinski definition) is 0. The molecule has 0 saturated heterocycles. The van der Waals surface area contributed by atoms with Crippen molar-refractivity contribution in [2.24, 2.45) is 5.41 Å². The van der Waals surface area contributed by atoms with Crippen molar-refractivity contribution in [3.63, 3.8) is 0 Å². The van der Waals surface area contributed by atoms with E-state index in [9.17, 15) is 14.9 Å². The quantitative estimate of drug-likeness (QED) is 0.464. The number of hydrogen-bond acceptors (Lipinski definition) is 6. The molecule has 0 bridgehead atoms. The maximum atomic E-state index is 11.5. The van der Waals surface area contributed by atoms with Crippen molar-refractivity contribution in [1.82, 2.24) is 0 Å². The zero-order chi connectivity index (χ0) is 15.3. The Labute approximate surface area is 115 Å². The van der Waals surface area contributed by atoms with Crippen LogP contribution in [0.4, 0.5) is 5.69 Å². The largest absolute Gasteiger partial charge is 0.486 e. The van der Waals surface area contributed by atoms with Gasteiger partial charge in [0.05, 0.1) is 29.1 Å². The summed E-state index contributed by atoms with van der Waals surface area (Å²) in [5.41, 5.74) is -1.09. The molecule has 7 nitrogen and oxygen atoms in total. The number of methoxy groups -OCH3 is 1. The fourth-order valence-electron chi connectivity index (χ4n) is 1.45. The Kier molecular flexibility index (Phi) is 4.64. The maximum Gasteiger partial charge on any atom is 0.314 e. The second kappa shape index (κ2) is 6.02. The van der Waals surface area contributed by atoms with Gasteiger partial charge in [-0.3, -0.25) is 14.9 Å². The van der Waals surface area contributed by atoms with Crippen LogP contribution in [0.25, 0.3) is 0 Å². The van der Waals surface area contributed by atoms with Crippen LogP contribution in [0.2, 0.25) is 0 Å². The first-order chi connectivity index (χ1) is 9.31. The average molecular weight is 278 g/mol. The van der Waals surface area contributed by atoms with Crippen LogP contribution in [0.1, 0.15) is 19.4 Å². The summed E-state index contributed by atoms with van der Waals surface area (Å²) in [6.07, 6.45) is 0. The first kappa shape index (κ1) is 15.4. The molecule has 0 amide bonds. The van der Waals surface area contributed by atoms with Crippen LogP contribution in [-0.4, -0.2) is 24.6 Å². The van der Waals surface area contributed by atoms with Crippen LogP contribution >= 0.6 is 0 Å². The van der Waals surface area contributed by atoms with Gasteiger partial charge in [-0.1, -0.05) is 0 Å². The summed E-state index contributed by atoms with van der Waals surface area (Å²) in [4.78, 5) is 21.8. The molecule has 0 radical (unpaired) electrons. The molecule has 0 aliphatic rings. The van der Waals surface area contributed by atoms with E-state index < -0.39 is 16.3 Å². The summed E-state index contributed by atoms with van der Waals surface area (Å²) < 4.78 is 9.96. The van der Waals surface area contributed by atoms with Gasteiger partial charge >= 0.3 is 11.7 Å². The number of ether oxygens (including phenoxy) is 2. The monoisotopic (exact) mass is 278 g/mol. The second-order valence-electron chi connectivity index (χ2n) is 4.72. The summed E-state index contributed by atoms with van der Waals surface area (Å²) in [5, 5.41) is 19.7. The molecular weight excluding hydrogens is 264 g/mol. The minimum Gasteiger partial charge on any atom is -0.486 e. The molecule has 1 aromatic rings. The van der Waals surface area contributed by atoms with Crippen LogP contribution < -0.4 is 4.74 Å². The van der Waals surface area contributed by atoms with Gasteiger partial charge in [-0.15, -0.1) is 0 Å². The van der Waals surface area contributed by atoms with Crippen molar-refractivity contribution in [1.29, 1.82) is 5.26 Å². The van der Waals surface area contributed by atoms with Crippen LogP contribution in [0.15, 0.2) is 18.2 Å². The highest BCUT2D eigenvalue weighted by atomic mass is 16.6. The third kappa shape index (κ3) is 3.45. The predicted octanol–water partition coefficient (Wildman–Crippen LogP) is 2.04. The molecule has 0 aliphatic carbocycles. The molecule has 0 heterocycles. The highest BCUT2D eigenvalue weighted by Crippen LogP contribution is 2.29. The summed E-state index contributed by atoms with van der Waals surface area (Å²) in [6.45, 7) is 3.13. The Morgan fingerprint density at radius 1 is 1.50 bits per heavy atom. The number of carbonyl (C=O) groups excluding carboxylic acids is 1. The minimum absolute atomic E-state index is 0.00554. The van der Waals surface area contributed by atoms with Gasteiger partial charge in [0.25, 0.3) is 0 Å². The van der Waals surface area contributed by atoms with Gasteiger partial charge in [0.2, 0.25) is 0 Å². The van der Waals surface area contributed by atoms with E-state index in [1.54, 1.807) is 13.8 Å². The lowest BCUT2D eigenvalue weighted by molar-refractivity contribution is -0.386. The minimum atomic E-state index is -0.934. The Hall–Kier alpha value is -2.62. The molecule has 0 fully saturated rings. The first-order valence-corrected chi connectivity index (χ1v) is 5.71. The van der Waals surface area contributed by atoms with Gasteiger partial charge in [-0.2, -0.15) is 5.26 Å². The molecule has 20 heavy (non-hydrogen) atoms. The molecule has 0 aromatic heterocycles. The summed E-state index contributed by atoms with van der Waals surface area (Å²) >= 11 is 0. The number of carbonyl (C=O) groups is 1. The van der Waals surface area contributed by atoms with E-state index in [-0.39, 0.29) is 23.6 Å². The standard InChI is InChI=1S/C13H14N2O5/c1-13(2,12(16)19-3)8-20-11-5-4-9(7-14)6-10(11)15(17)18/h4-6H,8H2,1-3H3. The normalized spacial score (nSPS) is 10.5. The highest BCUT2D eigenvalue weighted by molar-refractivity contribution is 5.76. The van der Waals surface area contributed by atoms with Gasteiger partial charge in [0, 0.05) is 6.07 Å². The Morgan fingerprint density at radius 3 is 2.65 bits per heavy atom. The number of nitriles is 1. The summed E-state index contributed by atoms with van der Waals surface area (Å²) in [7, 11) is 1.26. The molecule has 0 atom stereocenters. The van der Waals surface area contributed by atoms with Gasteiger partial charge in [-0.25, -0.2) is 0 Å². The van der Waals surface area contributed by atoms with Crippen LogP contribution in [0, 0.1) is 26.9 Å². The second-order valence-corrected chi connectivity index (χ2v) is 4.72. The van der Waals surface area contributed by atoms with Crippen molar-refractivity contribution in [2.75, 3.05) is 13.7 Å². The van der Waals surface area contributed by atoms with E-state index in [0.29, 0.717) is 0 Å². The fraction of sp³-hybridized carbons (Fsp3) is 0.385. The first-order valence-electron chi connectivity index (χ1n) is 5.71. The number of rotatable bonds is 5. The van der Waals surface area contributed by atoms with E-state index in [1.165, 1.54) is 19.2 Å². The molecule has 1 aromatic carbocycles. The summed E-state index contributed by atoms with van der Waals surface area (Å²) in [6, 6.07) is 5.69. The maximum absolute atomic E-state index is 11.5. The van der Waals surface area contributed by atoms with E-state index in [2.05, 4.69) is 4.74 Å². The third-order valence-corrected chi connectivity index (χ3v) is 2.61. The van der Waals surface area contributed by atoms with Crippen LogP contribution in [0.5, 0.6) is 5.75 Å². The smallest absolute Gasteiger partial charge is 0.314 e. The molecule has 0 spiro atoms. The third-order valence-electron chi connectivity index (χ3n) is 2.61. The topological polar surface area (TPSA) is 102 Å². The van der Waals surface area contributed by atoms with E-state index in [1.807, 2.05) is 6.07 Å². The lowest BCUT2D eigenvalue weighted by Crippen LogP contribution is -2.32. The van der Waals surface area contributed by atoms with Crippen molar-refractivity contribution in [2.45, 2.75) is 13.8 Å². The zero-order valence-electron chi connectivity index (χ0n) is 11.4. The van der Waals surface area contributed by atoms with E-state index in [4.69, 9.17) is 10.00 Å². The van der Waals surface area contributed by atoms with Crippen molar-refractivity contribution in [3.05, 3.63) is 33.9 Å². The molecule has 0 N–H and O–H groups in total. The summed E-state index contributed by atoms with van der Waals surface area (Å²) in [5.74, 6) is -0.472. The Bertz CT molecular complexity index is 575. The molecular formula is C13H14N2O5. The van der Waals surface area contributed by atoms with Crippen molar-refractivity contribution < 1.29 is 19.2 Å². The fourth-order valence-corrected chi connectivity index (χ4v) is 1.45. The number of esters is 1. The van der Waals surface area contributed by atoms with Gasteiger partial charge in [0.1, 0.15) is 6.61 Å². The molecule has 0 unspecified atom stereocenters. The lowest BCUT2D eigenvalue weighted by atomic mass is 9.95. The SMILES string of the molecule is COC(=O)C(C)(C)COc1ccc(C#N)cc1[N+](=O)[O-]. The Balaban J connectivity index is 2.96. The van der Waals surface area contributed by atoms with Gasteiger partial charge in [0.15, 0.2) is 5.75 Å². The molecule has 1 rings (SSSR count). The predicted molar refractivity (Wildman–Crippen MR) is 69.1 cm³/mol. The molecule has 106 valence electrons. The lowest BCUT2D eigenvalue weighted by Gasteiger charge is -2.21. The van der Waals surface area contributed by atoms with Crippen molar-refractivity contribution in [3.8, 4) is 11.8 Å². The van der Waals surface area contributed by atoms with Gasteiger partial charge < -0.3 is 9.47 Å². The number of nitro benzene ring substituents is 1. The highest BCUT2D eigenvalue weighted by Gasteiger charge is 2.30.